The molecule has 1 heterocycles. The van der Waals surface area contributed by atoms with E-state index < -0.39 is 0 Å². The lowest BCUT2D eigenvalue weighted by Gasteiger charge is -2.10. The van der Waals surface area contributed by atoms with Gasteiger partial charge in [0.05, 0.1) is 13.2 Å². The van der Waals surface area contributed by atoms with E-state index >= 15 is 0 Å². The predicted octanol–water partition coefficient (Wildman–Crippen LogP) is 0.729. The Hall–Kier alpha value is -0.770. The highest BCUT2D eigenvalue weighted by molar-refractivity contribution is 5.75. The number of hydrogen-bond donors (Lipinski definition) is 2. The molecule has 1 saturated heterocycles. The highest BCUT2D eigenvalue weighted by atomic mass is 16.5. The number of nitrogens with one attached hydrogen (secondary N) is 2. The van der Waals surface area contributed by atoms with Gasteiger partial charge in [-0.1, -0.05) is 13.8 Å². The lowest BCUT2D eigenvalue weighted by Crippen LogP contribution is -2.41. The van der Waals surface area contributed by atoms with E-state index in [-0.39, 0.29) is 6.03 Å². The zero-order valence-electron chi connectivity index (χ0n) is 9.25. The number of hydrogen-bond acceptors (Lipinski definition) is 2. The van der Waals surface area contributed by atoms with Crippen LogP contribution in [0.25, 0.3) is 0 Å². The number of ether oxygens (including phenoxy) is 1. The molecule has 0 aromatic rings. The van der Waals surface area contributed by atoms with Gasteiger partial charge in [-0.05, 0) is 11.8 Å². The van der Waals surface area contributed by atoms with E-state index in [2.05, 4.69) is 24.5 Å². The number of carbonyl (C=O) groups excluding carboxylic acids is 1. The molecule has 1 aliphatic heterocycles. The summed E-state index contributed by atoms with van der Waals surface area (Å²) in [5.74, 6) is 1.17. The molecule has 0 radical (unpaired) electrons. The van der Waals surface area contributed by atoms with E-state index in [1.165, 1.54) is 0 Å². The molecule has 0 spiro atoms. The summed E-state index contributed by atoms with van der Waals surface area (Å²) in [6.45, 7) is 6.00. The summed E-state index contributed by atoms with van der Waals surface area (Å²) in [6, 6.07) is 0.748. The molecule has 2 unspecified atom stereocenters. The molecule has 0 aromatic heterocycles. The summed E-state index contributed by atoms with van der Waals surface area (Å²) in [5, 5.41) is 6.05. The zero-order valence-corrected chi connectivity index (χ0v) is 9.25. The first-order chi connectivity index (χ1) is 7.08. The third kappa shape index (κ3) is 1.61. The van der Waals surface area contributed by atoms with Gasteiger partial charge in [-0.25, -0.2) is 4.79 Å². The molecular weight excluding hydrogens is 192 g/mol. The van der Waals surface area contributed by atoms with Gasteiger partial charge in [0.15, 0.2) is 0 Å². The van der Waals surface area contributed by atoms with Crippen molar-refractivity contribution in [2.45, 2.75) is 32.4 Å². The zero-order chi connectivity index (χ0) is 10.6. The largest absolute Gasteiger partial charge is 0.381 e. The minimum atomic E-state index is 0.00461. The van der Waals surface area contributed by atoms with Gasteiger partial charge in [0.1, 0.15) is 0 Å². The Morgan fingerprint density at radius 2 is 1.87 bits per heavy atom. The maximum atomic E-state index is 11.6. The molecule has 0 bridgehead atoms. The van der Waals surface area contributed by atoms with E-state index in [9.17, 15) is 4.79 Å². The Kier molecular flexibility index (Phi) is 1.81. The fraction of sp³-hybridized carbons (Fsp3) is 0.909. The van der Waals surface area contributed by atoms with Gasteiger partial charge >= 0.3 is 6.03 Å². The van der Waals surface area contributed by atoms with Crippen LogP contribution in [0.3, 0.4) is 0 Å². The van der Waals surface area contributed by atoms with Gasteiger partial charge in [0.2, 0.25) is 0 Å². The SMILES string of the molecule is CC1(C)CC1NC(=O)NC1[C@H]2COC[C@@H]12. The number of urea groups is 1. The van der Waals surface area contributed by atoms with Gasteiger partial charge in [-0.2, -0.15) is 0 Å². The van der Waals surface area contributed by atoms with Crippen LogP contribution in [0.5, 0.6) is 0 Å². The molecule has 3 fully saturated rings. The second-order valence-corrected chi connectivity index (χ2v) is 5.75. The van der Waals surface area contributed by atoms with Crippen molar-refractivity contribution in [2.24, 2.45) is 17.3 Å². The highest BCUT2D eigenvalue weighted by Gasteiger charge is 2.55. The third-order valence-corrected chi connectivity index (χ3v) is 4.07. The monoisotopic (exact) mass is 210 g/mol. The summed E-state index contributed by atoms with van der Waals surface area (Å²) in [5.41, 5.74) is 0.305. The Bertz CT molecular complexity index is 293. The van der Waals surface area contributed by atoms with Crippen molar-refractivity contribution in [1.82, 2.24) is 10.6 Å². The quantitative estimate of drug-likeness (QED) is 0.706. The van der Waals surface area contributed by atoms with Gasteiger partial charge in [-0.3, -0.25) is 0 Å². The van der Waals surface area contributed by atoms with Gasteiger partial charge in [0.25, 0.3) is 0 Å². The van der Waals surface area contributed by atoms with Crippen LogP contribution in [-0.2, 0) is 4.74 Å². The Morgan fingerprint density at radius 1 is 1.27 bits per heavy atom. The molecule has 2 aliphatic carbocycles. The van der Waals surface area contributed by atoms with Crippen LogP contribution in [0.2, 0.25) is 0 Å². The molecule has 3 aliphatic rings. The third-order valence-electron chi connectivity index (χ3n) is 4.07. The average molecular weight is 210 g/mol. The second kappa shape index (κ2) is 2.88. The first-order valence-electron chi connectivity index (χ1n) is 5.73. The molecular formula is C11H18N2O2. The summed E-state index contributed by atoms with van der Waals surface area (Å²) < 4.78 is 5.27. The van der Waals surface area contributed by atoms with Crippen LogP contribution in [0.15, 0.2) is 0 Å². The van der Waals surface area contributed by atoms with Gasteiger partial charge in [0, 0.05) is 23.9 Å². The lowest BCUT2D eigenvalue weighted by atomic mass is 10.2. The van der Waals surface area contributed by atoms with Crippen molar-refractivity contribution in [3.63, 3.8) is 0 Å². The number of amides is 2. The van der Waals surface area contributed by atoms with Crippen LogP contribution in [0, 0.1) is 17.3 Å². The van der Waals surface area contributed by atoms with Crippen LogP contribution in [-0.4, -0.2) is 31.3 Å². The van der Waals surface area contributed by atoms with E-state index in [4.69, 9.17) is 4.74 Å². The molecule has 3 rings (SSSR count). The topological polar surface area (TPSA) is 50.4 Å². The number of rotatable bonds is 2. The molecule has 4 heteroatoms. The van der Waals surface area contributed by atoms with E-state index in [1.807, 2.05) is 0 Å². The average Bonchev–Trinajstić information content (AvgIpc) is 2.89. The summed E-state index contributed by atoms with van der Waals surface area (Å²) in [6.07, 6.45) is 1.10. The maximum absolute atomic E-state index is 11.6. The van der Waals surface area contributed by atoms with Gasteiger partial charge in [-0.15, -0.1) is 0 Å². The van der Waals surface area contributed by atoms with E-state index in [0.29, 0.717) is 29.3 Å². The maximum Gasteiger partial charge on any atom is 0.315 e. The van der Waals surface area contributed by atoms with Gasteiger partial charge < -0.3 is 15.4 Å². The summed E-state index contributed by atoms with van der Waals surface area (Å²) >= 11 is 0. The first-order valence-corrected chi connectivity index (χ1v) is 5.73. The molecule has 4 atom stereocenters. The lowest BCUT2D eigenvalue weighted by molar-refractivity contribution is 0.156. The fourth-order valence-corrected chi connectivity index (χ4v) is 2.52. The first kappa shape index (κ1) is 9.46. The molecule has 2 N–H and O–H groups in total. The Morgan fingerprint density at radius 3 is 2.40 bits per heavy atom. The van der Waals surface area contributed by atoms with Crippen molar-refractivity contribution in [3.05, 3.63) is 0 Å². The number of fused-ring (bicyclic) bond motifs is 1. The van der Waals surface area contributed by atoms with Crippen molar-refractivity contribution in [3.8, 4) is 0 Å². The Balaban J connectivity index is 1.43. The molecule has 0 aromatic carbocycles. The smallest absolute Gasteiger partial charge is 0.315 e. The van der Waals surface area contributed by atoms with Crippen LogP contribution < -0.4 is 10.6 Å². The van der Waals surface area contributed by atoms with Crippen molar-refractivity contribution < 1.29 is 9.53 Å². The molecule has 2 saturated carbocycles. The normalized spacial score (nSPS) is 44.4. The minimum Gasteiger partial charge on any atom is -0.381 e. The fourth-order valence-electron chi connectivity index (χ4n) is 2.52. The van der Waals surface area contributed by atoms with Crippen molar-refractivity contribution >= 4 is 6.03 Å². The molecule has 4 nitrogen and oxygen atoms in total. The van der Waals surface area contributed by atoms with E-state index in [0.717, 1.165) is 19.6 Å². The summed E-state index contributed by atoms with van der Waals surface area (Å²) in [7, 11) is 0. The van der Waals surface area contributed by atoms with Crippen molar-refractivity contribution in [2.75, 3.05) is 13.2 Å². The van der Waals surface area contributed by atoms with Crippen LogP contribution in [0.4, 0.5) is 4.79 Å². The second-order valence-electron chi connectivity index (χ2n) is 5.75. The van der Waals surface area contributed by atoms with Crippen LogP contribution in [0.1, 0.15) is 20.3 Å². The summed E-state index contributed by atoms with van der Waals surface area (Å²) in [4.78, 5) is 11.6. The van der Waals surface area contributed by atoms with Crippen molar-refractivity contribution in [1.29, 1.82) is 0 Å². The van der Waals surface area contributed by atoms with Crippen LogP contribution >= 0.6 is 0 Å². The van der Waals surface area contributed by atoms with E-state index in [1.54, 1.807) is 0 Å². The Labute approximate surface area is 89.7 Å². The standard InChI is InChI=1S/C11H18N2O2/c1-11(2)3-8(11)12-10(14)13-9-6-4-15-5-7(6)9/h6-9H,3-5H2,1-2H3,(H2,12,13,14)/t6-,7+,8?,9?. The molecule has 84 valence electrons. The highest BCUT2D eigenvalue weighted by Crippen LogP contribution is 2.45. The predicted molar refractivity (Wildman–Crippen MR) is 55.4 cm³/mol. The minimum absolute atomic E-state index is 0.00461. The molecule has 15 heavy (non-hydrogen) atoms. The molecule has 2 amide bonds. The number of carbonyl (C=O) groups is 1.